The molecule has 1 aromatic carbocycles. The maximum atomic E-state index is 5.89. The van der Waals surface area contributed by atoms with Crippen molar-refractivity contribution in [2.24, 2.45) is 5.84 Å². The Bertz CT molecular complexity index is 559. The molecule has 0 unspecified atom stereocenters. The number of nitrogen functional groups attached to an aromatic ring is 1. The van der Waals surface area contributed by atoms with Crippen molar-refractivity contribution in [2.75, 3.05) is 5.43 Å². The van der Waals surface area contributed by atoms with Crippen LogP contribution < -0.4 is 11.3 Å². The van der Waals surface area contributed by atoms with Crippen LogP contribution in [0.2, 0.25) is 5.02 Å². The molecule has 6 heteroatoms. The molecule has 1 aromatic heterocycles. The third-order valence-corrected chi connectivity index (χ3v) is 3.07. The van der Waals surface area contributed by atoms with Gasteiger partial charge in [0, 0.05) is 26.8 Å². The molecular weight excluding hydrogens is 304 g/mol. The van der Waals surface area contributed by atoms with Crippen LogP contribution >= 0.6 is 27.5 Å². The topological polar surface area (TPSA) is 63.8 Å². The first-order valence-corrected chi connectivity index (χ1v) is 6.05. The van der Waals surface area contributed by atoms with Crippen molar-refractivity contribution >= 4 is 33.3 Å². The number of nitrogens with two attached hydrogens (primary N) is 1. The maximum Gasteiger partial charge on any atom is 0.162 e. The van der Waals surface area contributed by atoms with Crippen molar-refractivity contribution in [3.8, 4) is 11.4 Å². The second-order valence-corrected chi connectivity index (χ2v) is 4.78. The van der Waals surface area contributed by atoms with Gasteiger partial charge in [-0.1, -0.05) is 11.6 Å². The molecule has 17 heavy (non-hydrogen) atoms. The van der Waals surface area contributed by atoms with Crippen LogP contribution in [0.15, 0.2) is 28.7 Å². The van der Waals surface area contributed by atoms with Crippen molar-refractivity contribution in [3.05, 3.63) is 39.5 Å². The first-order chi connectivity index (χ1) is 8.10. The fraction of sp³-hybridized carbons (Fsp3) is 0.0909. The molecule has 0 spiro atoms. The van der Waals surface area contributed by atoms with E-state index in [4.69, 9.17) is 17.4 Å². The van der Waals surface area contributed by atoms with Crippen molar-refractivity contribution in [1.29, 1.82) is 0 Å². The molecule has 0 radical (unpaired) electrons. The minimum atomic E-state index is 0.578. The van der Waals surface area contributed by atoms with Crippen molar-refractivity contribution in [3.63, 3.8) is 0 Å². The molecule has 0 aliphatic carbocycles. The van der Waals surface area contributed by atoms with Gasteiger partial charge >= 0.3 is 0 Å². The molecule has 0 saturated heterocycles. The highest BCUT2D eigenvalue weighted by Gasteiger charge is 2.08. The lowest BCUT2D eigenvalue weighted by atomic mass is 10.2. The van der Waals surface area contributed by atoms with E-state index in [0.29, 0.717) is 16.7 Å². The van der Waals surface area contributed by atoms with Gasteiger partial charge in [0.2, 0.25) is 0 Å². The predicted octanol–water partition coefficient (Wildman–Crippen LogP) is 3.15. The predicted molar refractivity (Wildman–Crippen MR) is 72.7 cm³/mol. The molecule has 0 aliphatic rings. The van der Waals surface area contributed by atoms with E-state index in [1.54, 1.807) is 18.2 Å². The van der Waals surface area contributed by atoms with Gasteiger partial charge in [0.25, 0.3) is 0 Å². The van der Waals surface area contributed by atoms with Crippen LogP contribution in [0.25, 0.3) is 11.4 Å². The summed E-state index contributed by atoms with van der Waals surface area (Å²) in [6.07, 6.45) is 0. The summed E-state index contributed by atoms with van der Waals surface area (Å²) in [6.45, 7) is 1.88. The quantitative estimate of drug-likeness (QED) is 0.660. The lowest BCUT2D eigenvalue weighted by Gasteiger charge is -2.07. The highest BCUT2D eigenvalue weighted by molar-refractivity contribution is 9.10. The van der Waals surface area contributed by atoms with Gasteiger partial charge in [0.1, 0.15) is 5.82 Å². The Labute approximate surface area is 112 Å². The van der Waals surface area contributed by atoms with Gasteiger partial charge in [-0.3, -0.25) is 0 Å². The Hall–Kier alpha value is -1.17. The summed E-state index contributed by atoms with van der Waals surface area (Å²) in [7, 11) is 0. The smallest absolute Gasteiger partial charge is 0.162 e. The highest BCUT2D eigenvalue weighted by Crippen LogP contribution is 2.29. The number of anilines is 1. The van der Waals surface area contributed by atoms with Gasteiger partial charge < -0.3 is 5.43 Å². The zero-order chi connectivity index (χ0) is 12.4. The van der Waals surface area contributed by atoms with Crippen LogP contribution in [0.3, 0.4) is 0 Å². The van der Waals surface area contributed by atoms with Crippen LogP contribution in [0.5, 0.6) is 0 Å². The van der Waals surface area contributed by atoms with Gasteiger partial charge in [0.05, 0.1) is 0 Å². The summed E-state index contributed by atoms with van der Waals surface area (Å²) in [5.74, 6) is 6.53. The third kappa shape index (κ3) is 2.74. The summed E-state index contributed by atoms with van der Waals surface area (Å²) >= 11 is 9.33. The summed E-state index contributed by atoms with van der Waals surface area (Å²) in [4.78, 5) is 8.66. The van der Waals surface area contributed by atoms with Crippen molar-refractivity contribution in [1.82, 2.24) is 9.97 Å². The minimum Gasteiger partial charge on any atom is -0.308 e. The van der Waals surface area contributed by atoms with E-state index in [1.165, 1.54) is 0 Å². The van der Waals surface area contributed by atoms with E-state index in [9.17, 15) is 0 Å². The summed E-state index contributed by atoms with van der Waals surface area (Å²) in [5, 5.41) is 0.658. The van der Waals surface area contributed by atoms with Crippen LogP contribution in [0.4, 0.5) is 5.82 Å². The molecule has 0 saturated carbocycles. The normalized spacial score (nSPS) is 10.4. The van der Waals surface area contributed by atoms with E-state index in [-0.39, 0.29) is 0 Å². The summed E-state index contributed by atoms with van der Waals surface area (Å²) in [5.41, 5.74) is 4.22. The Kier molecular flexibility index (Phi) is 3.61. The molecule has 0 aliphatic heterocycles. The molecule has 0 fully saturated rings. The average molecular weight is 314 g/mol. The molecule has 2 rings (SSSR count). The van der Waals surface area contributed by atoms with Gasteiger partial charge in [-0.25, -0.2) is 15.8 Å². The highest BCUT2D eigenvalue weighted by atomic mass is 79.9. The Morgan fingerprint density at radius 1 is 1.29 bits per heavy atom. The van der Waals surface area contributed by atoms with Crippen LogP contribution in [-0.2, 0) is 0 Å². The van der Waals surface area contributed by atoms with Crippen LogP contribution in [0, 0.1) is 6.92 Å². The van der Waals surface area contributed by atoms with Crippen LogP contribution in [0.1, 0.15) is 5.69 Å². The number of nitrogens with zero attached hydrogens (tertiary/aromatic N) is 2. The fourth-order valence-corrected chi connectivity index (χ4v) is 2.29. The van der Waals surface area contributed by atoms with E-state index in [2.05, 4.69) is 31.3 Å². The Morgan fingerprint density at radius 3 is 2.71 bits per heavy atom. The molecule has 0 atom stereocenters. The lowest BCUT2D eigenvalue weighted by Crippen LogP contribution is -2.10. The van der Waals surface area contributed by atoms with E-state index >= 15 is 0 Å². The maximum absolute atomic E-state index is 5.89. The molecule has 4 nitrogen and oxygen atoms in total. The minimum absolute atomic E-state index is 0.578. The lowest BCUT2D eigenvalue weighted by molar-refractivity contribution is 1.09. The SMILES string of the molecule is Cc1cc(NN)nc(-c2ccc(Cl)cc2Br)n1. The first kappa shape index (κ1) is 12.3. The summed E-state index contributed by atoms with van der Waals surface area (Å²) in [6, 6.07) is 7.23. The molecule has 0 bridgehead atoms. The number of aromatic nitrogens is 2. The van der Waals surface area contributed by atoms with Crippen LogP contribution in [-0.4, -0.2) is 9.97 Å². The number of benzene rings is 1. The van der Waals surface area contributed by atoms with Gasteiger partial charge in [-0.05, 0) is 41.1 Å². The molecule has 3 N–H and O–H groups in total. The molecule has 2 aromatic rings. The van der Waals surface area contributed by atoms with E-state index in [1.807, 2.05) is 13.0 Å². The standard InChI is InChI=1S/C11H10BrClN4/c1-6-4-10(17-14)16-11(15-6)8-3-2-7(13)5-9(8)12/h2-5H,14H2,1H3,(H,15,16,17). The second kappa shape index (κ2) is 5.00. The second-order valence-electron chi connectivity index (χ2n) is 3.49. The number of nitrogens with one attached hydrogen (secondary N) is 1. The van der Waals surface area contributed by atoms with E-state index < -0.39 is 0 Å². The van der Waals surface area contributed by atoms with E-state index in [0.717, 1.165) is 15.7 Å². The fourth-order valence-electron chi connectivity index (χ4n) is 1.43. The molecular formula is C11H10BrClN4. The molecule has 0 amide bonds. The number of hydrogen-bond acceptors (Lipinski definition) is 4. The Balaban J connectivity index is 2.55. The third-order valence-electron chi connectivity index (χ3n) is 2.17. The number of aryl methyl sites for hydroxylation is 1. The average Bonchev–Trinajstić information content (AvgIpc) is 2.28. The van der Waals surface area contributed by atoms with Gasteiger partial charge in [0.15, 0.2) is 5.82 Å². The Morgan fingerprint density at radius 2 is 2.06 bits per heavy atom. The van der Waals surface area contributed by atoms with Crippen molar-refractivity contribution in [2.45, 2.75) is 6.92 Å². The zero-order valence-corrected chi connectivity index (χ0v) is 11.4. The number of halogens is 2. The largest absolute Gasteiger partial charge is 0.308 e. The van der Waals surface area contributed by atoms with Gasteiger partial charge in [-0.15, -0.1) is 0 Å². The summed E-state index contributed by atoms with van der Waals surface area (Å²) < 4.78 is 0.846. The number of hydrogen-bond donors (Lipinski definition) is 2. The molecule has 88 valence electrons. The first-order valence-electron chi connectivity index (χ1n) is 4.88. The van der Waals surface area contributed by atoms with Crippen molar-refractivity contribution < 1.29 is 0 Å². The number of rotatable bonds is 2. The monoisotopic (exact) mass is 312 g/mol. The molecule has 1 heterocycles. The van der Waals surface area contributed by atoms with Gasteiger partial charge in [-0.2, -0.15) is 0 Å². The number of hydrazine groups is 1. The zero-order valence-electron chi connectivity index (χ0n) is 9.04.